The molecule has 1 N–H and O–H groups in total. The van der Waals surface area contributed by atoms with Gasteiger partial charge < -0.3 is 10.2 Å². The van der Waals surface area contributed by atoms with E-state index in [9.17, 15) is 0 Å². The Labute approximate surface area is 91.0 Å². The van der Waals surface area contributed by atoms with Crippen LogP contribution in [-0.4, -0.2) is 30.6 Å². The minimum absolute atomic E-state index is 0.748. The Morgan fingerprint density at radius 2 is 2.20 bits per heavy atom. The lowest BCUT2D eigenvalue weighted by molar-refractivity contribution is 0.781. The number of hydrogen-bond donors (Lipinski definition) is 1. The van der Waals surface area contributed by atoms with Crippen molar-refractivity contribution in [2.75, 3.05) is 25.5 Å². The molecule has 4 heteroatoms. The third kappa shape index (κ3) is 3.67. The van der Waals surface area contributed by atoms with Crippen LogP contribution >= 0.6 is 0 Å². The number of nitrogens with zero attached hydrogens (tertiary/aromatic N) is 3. The van der Waals surface area contributed by atoms with Crippen LogP contribution in [0.25, 0.3) is 0 Å². The van der Waals surface area contributed by atoms with E-state index in [4.69, 9.17) is 0 Å². The summed E-state index contributed by atoms with van der Waals surface area (Å²) in [4.78, 5) is 10.7. The normalized spacial score (nSPS) is 10.1. The molecule has 0 saturated carbocycles. The lowest BCUT2D eigenvalue weighted by Crippen LogP contribution is -2.20. The van der Waals surface area contributed by atoms with Gasteiger partial charge in [-0.3, -0.25) is 4.98 Å². The molecule has 0 aliphatic rings. The molecular formula is C11H18N4. The fraction of sp³-hybridized carbons (Fsp3) is 0.455. The monoisotopic (exact) mass is 206 g/mol. The molecule has 1 heterocycles. The van der Waals surface area contributed by atoms with Crippen LogP contribution in [0, 0.1) is 0 Å². The van der Waals surface area contributed by atoms with E-state index in [1.54, 1.807) is 12.4 Å². The van der Waals surface area contributed by atoms with Gasteiger partial charge in [0.1, 0.15) is 5.82 Å². The molecule has 1 rings (SSSR count). The van der Waals surface area contributed by atoms with E-state index in [1.165, 1.54) is 0 Å². The molecule has 0 fully saturated rings. The second-order valence-electron chi connectivity index (χ2n) is 3.71. The van der Waals surface area contributed by atoms with Crippen molar-refractivity contribution in [3.05, 3.63) is 30.2 Å². The minimum atomic E-state index is 0.748. The first-order chi connectivity index (χ1) is 7.13. The Hall–Kier alpha value is -1.42. The standard InChI is InChI=1S/C11H18N4/c1-9(2)8-15(4)11-7-13-10(5-12-3)6-14-11/h6-7,12H,1,5,8H2,2-4H3. The molecule has 0 spiro atoms. The molecule has 15 heavy (non-hydrogen) atoms. The number of nitrogens with one attached hydrogen (secondary N) is 1. The summed E-state index contributed by atoms with van der Waals surface area (Å²) in [6.45, 7) is 7.42. The van der Waals surface area contributed by atoms with Crippen molar-refractivity contribution in [1.29, 1.82) is 0 Å². The fourth-order valence-electron chi connectivity index (χ4n) is 1.30. The van der Waals surface area contributed by atoms with E-state index < -0.39 is 0 Å². The molecule has 82 valence electrons. The summed E-state index contributed by atoms with van der Waals surface area (Å²) in [7, 11) is 3.87. The van der Waals surface area contributed by atoms with Crippen molar-refractivity contribution in [2.45, 2.75) is 13.5 Å². The topological polar surface area (TPSA) is 41.1 Å². The second-order valence-corrected chi connectivity index (χ2v) is 3.71. The molecule has 0 saturated heterocycles. The molecule has 0 aromatic carbocycles. The van der Waals surface area contributed by atoms with Gasteiger partial charge in [-0.15, -0.1) is 0 Å². The summed E-state index contributed by atoms with van der Waals surface area (Å²) in [5, 5.41) is 3.03. The number of likely N-dealkylation sites (N-methyl/N-ethyl adjacent to an activating group) is 1. The van der Waals surface area contributed by atoms with Crippen molar-refractivity contribution in [1.82, 2.24) is 15.3 Å². The Morgan fingerprint density at radius 1 is 1.47 bits per heavy atom. The van der Waals surface area contributed by atoms with Crippen molar-refractivity contribution in [2.24, 2.45) is 0 Å². The molecule has 0 aliphatic heterocycles. The second kappa shape index (κ2) is 5.46. The zero-order valence-corrected chi connectivity index (χ0v) is 9.62. The van der Waals surface area contributed by atoms with Gasteiger partial charge >= 0.3 is 0 Å². The summed E-state index contributed by atoms with van der Waals surface area (Å²) in [5.41, 5.74) is 2.06. The van der Waals surface area contributed by atoms with E-state index in [0.717, 1.165) is 30.2 Å². The van der Waals surface area contributed by atoms with E-state index in [0.29, 0.717) is 0 Å². The van der Waals surface area contributed by atoms with Gasteiger partial charge in [-0.05, 0) is 14.0 Å². The van der Waals surface area contributed by atoms with Gasteiger partial charge in [0.25, 0.3) is 0 Å². The van der Waals surface area contributed by atoms with Gasteiger partial charge in [0.2, 0.25) is 0 Å². The Morgan fingerprint density at radius 3 is 2.67 bits per heavy atom. The van der Waals surface area contributed by atoms with Crippen LogP contribution in [0.4, 0.5) is 5.82 Å². The highest BCUT2D eigenvalue weighted by molar-refractivity contribution is 5.36. The van der Waals surface area contributed by atoms with Crippen LogP contribution in [0.15, 0.2) is 24.5 Å². The van der Waals surface area contributed by atoms with Crippen molar-refractivity contribution in [3.8, 4) is 0 Å². The van der Waals surface area contributed by atoms with Crippen molar-refractivity contribution in [3.63, 3.8) is 0 Å². The van der Waals surface area contributed by atoms with Crippen LogP contribution in [0.1, 0.15) is 12.6 Å². The zero-order chi connectivity index (χ0) is 11.3. The average molecular weight is 206 g/mol. The Balaban J connectivity index is 2.66. The van der Waals surface area contributed by atoms with Gasteiger partial charge in [0.15, 0.2) is 0 Å². The molecule has 0 atom stereocenters. The van der Waals surface area contributed by atoms with Crippen LogP contribution in [0.5, 0.6) is 0 Å². The summed E-state index contributed by atoms with van der Waals surface area (Å²) in [6.07, 6.45) is 3.58. The third-order valence-corrected chi connectivity index (χ3v) is 1.95. The van der Waals surface area contributed by atoms with Crippen LogP contribution in [0.3, 0.4) is 0 Å². The minimum Gasteiger partial charge on any atom is -0.354 e. The average Bonchev–Trinajstić information content (AvgIpc) is 2.18. The summed E-state index contributed by atoms with van der Waals surface area (Å²) in [5.74, 6) is 0.873. The van der Waals surface area contributed by atoms with E-state index in [-0.39, 0.29) is 0 Å². The molecule has 0 radical (unpaired) electrons. The van der Waals surface area contributed by atoms with E-state index >= 15 is 0 Å². The summed E-state index contributed by atoms with van der Waals surface area (Å²) >= 11 is 0. The molecule has 0 unspecified atom stereocenters. The molecule has 1 aromatic rings. The molecule has 0 amide bonds. The van der Waals surface area contributed by atoms with Crippen molar-refractivity contribution < 1.29 is 0 Å². The number of anilines is 1. The number of hydrogen-bond acceptors (Lipinski definition) is 4. The maximum Gasteiger partial charge on any atom is 0.147 e. The number of rotatable bonds is 5. The van der Waals surface area contributed by atoms with Gasteiger partial charge in [-0.2, -0.15) is 0 Å². The maximum absolute atomic E-state index is 4.33. The molecule has 1 aromatic heterocycles. The Bertz CT molecular complexity index is 318. The van der Waals surface area contributed by atoms with Crippen molar-refractivity contribution >= 4 is 5.82 Å². The lowest BCUT2D eigenvalue weighted by atomic mass is 10.3. The quantitative estimate of drug-likeness (QED) is 0.735. The first kappa shape index (κ1) is 11.7. The first-order valence-corrected chi connectivity index (χ1v) is 4.94. The molecule has 0 aliphatic carbocycles. The summed E-state index contributed by atoms with van der Waals surface area (Å²) in [6, 6.07) is 0. The van der Waals surface area contributed by atoms with Crippen LogP contribution in [0.2, 0.25) is 0 Å². The maximum atomic E-state index is 4.33. The highest BCUT2D eigenvalue weighted by Crippen LogP contribution is 2.08. The van der Waals surface area contributed by atoms with E-state index in [1.807, 2.05) is 25.9 Å². The summed E-state index contributed by atoms with van der Waals surface area (Å²) < 4.78 is 0. The predicted molar refractivity (Wildman–Crippen MR) is 62.9 cm³/mol. The van der Waals surface area contributed by atoms with Gasteiger partial charge in [0.05, 0.1) is 18.1 Å². The Kier molecular flexibility index (Phi) is 4.24. The van der Waals surface area contributed by atoms with Crippen LogP contribution < -0.4 is 10.2 Å². The van der Waals surface area contributed by atoms with Crippen LogP contribution in [-0.2, 0) is 6.54 Å². The zero-order valence-electron chi connectivity index (χ0n) is 9.62. The predicted octanol–water partition coefficient (Wildman–Crippen LogP) is 1.21. The highest BCUT2D eigenvalue weighted by atomic mass is 15.2. The molecule has 4 nitrogen and oxygen atoms in total. The largest absolute Gasteiger partial charge is 0.354 e. The first-order valence-electron chi connectivity index (χ1n) is 4.94. The molecular weight excluding hydrogens is 188 g/mol. The van der Waals surface area contributed by atoms with E-state index in [2.05, 4.69) is 21.9 Å². The third-order valence-electron chi connectivity index (χ3n) is 1.95. The smallest absolute Gasteiger partial charge is 0.147 e. The number of aromatic nitrogens is 2. The highest BCUT2D eigenvalue weighted by Gasteiger charge is 2.02. The molecule has 0 bridgehead atoms. The fourth-order valence-corrected chi connectivity index (χ4v) is 1.30. The van der Waals surface area contributed by atoms with Gasteiger partial charge in [-0.1, -0.05) is 12.2 Å². The van der Waals surface area contributed by atoms with Gasteiger partial charge in [-0.25, -0.2) is 4.98 Å². The lowest BCUT2D eigenvalue weighted by Gasteiger charge is -2.17. The van der Waals surface area contributed by atoms with Gasteiger partial charge in [0, 0.05) is 20.1 Å². The SMILES string of the molecule is C=C(C)CN(C)c1cnc(CNC)cn1.